The fourth-order valence-electron chi connectivity index (χ4n) is 3.61. The van der Waals surface area contributed by atoms with Gasteiger partial charge in [-0.15, -0.1) is 0 Å². The van der Waals surface area contributed by atoms with Crippen LogP contribution in [0.5, 0.6) is 5.75 Å². The third kappa shape index (κ3) is 1.73. The van der Waals surface area contributed by atoms with Gasteiger partial charge < -0.3 is 19.3 Å². The maximum Gasteiger partial charge on any atom is 0.274 e. The number of pyridine rings is 1. The molecule has 3 heterocycles. The van der Waals surface area contributed by atoms with E-state index in [0.717, 1.165) is 6.42 Å². The van der Waals surface area contributed by atoms with E-state index in [1.165, 1.54) is 7.11 Å². The van der Waals surface area contributed by atoms with E-state index in [-0.39, 0.29) is 28.3 Å². The average molecular weight is 404 g/mol. The van der Waals surface area contributed by atoms with Crippen LogP contribution in [0.15, 0.2) is 4.79 Å². The second kappa shape index (κ2) is 4.70. The summed E-state index contributed by atoms with van der Waals surface area (Å²) in [5, 5.41) is 10.4. The van der Waals surface area contributed by atoms with Crippen molar-refractivity contribution >= 4 is 28.5 Å². The summed E-state index contributed by atoms with van der Waals surface area (Å²) in [5.41, 5.74) is 0.131. The molecule has 0 fully saturated rings. The lowest BCUT2D eigenvalue weighted by Crippen LogP contribution is -2.51. The highest BCUT2D eigenvalue weighted by atomic mass is 127. The van der Waals surface area contributed by atoms with Crippen molar-refractivity contribution in [3.05, 3.63) is 25.2 Å². The first-order valence-electron chi connectivity index (χ1n) is 6.84. The number of nitrogens with zero attached hydrogens (tertiary/aromatic N) is 2. The van der Waals surface area contributed by atoms with Crippen LogP contribution in [-0.4, -0.2) is 41.2 Å². The molecule has 1 N–H and O–H groups in total. The highest BCUT2D eigenvalue weighted by Gasteiger charge is 2.50. The van der Waals surface area contributed by atoms with E-state index in [1.54, 1.807) is 11.9 Å². The van der Waals surface area contributed by atoms with Crippen molar-refractivity contribution in [2.75, 3.05) is 20.7 Å². The highest BCUT2D eigenvalue weighted by Crippen LogP contribution is 2.47. The van der Waals surface area contributed by atoms with Gasteiger partial charge in [-0.2, -0.15) is 0 Å². The Labute approximate surface area is 135 Å². The van der Waals surface area contributed by atoms with Crippen molar-refractivity contribution in [1.82, 2.24) is 9.47 Å². The predicted octanol–water partition coefficient (Wildman–Crippen LogP) is 1.09. The summed E-state index contributed by atoms with van der Waals surface area (Å²) >= 11 is 1.94. The third-order valence-electron chi connectivity index (χ3n) is 4.62. The Hall–Kier alpha value is -1.09. The molecule has 0 saturated heterocycles. The molecule has 2 atom stereocenters. The number of methoxy groups -OCH3 is 1. The Balaban J connectivity index is 2.48. The summed E-state index contributed by atoms with van der Waals surface area (Å²) in [4.78, 5) is 26.6. The molecule has 0 bridgehead atoms. The number of carbonyl (C=O) groups excluding carboxylic acids is 1. The van der Waals surface area contributed by atoms with Gasteiger partial charge in [0.15, 0.2) is 11.4 Å². The van der Waals surface area contributed by atoms with E-state index in [9.17, 15) is 14.7 Å². The quantitative estimate of drug-likeness (QED) is 0.750. The summed E-state index contributed by atoms with van der Waals surface area (Å²) in [6, 6.07) is 0. The molecule has 2 aliphatic rings. The van der Waals surface area contributed by atoms with Gasteiger partial charge in [0.2, 0.25) is 5.43 Å². The van der Waals surface area contributed by atoms with Crippen LogP contribution < -0.4 is 10.2 Å². The van der Waals surface area contributed by atoms with E-state index in [0.29, 0.717) is 22.2 Å². The maximum atomic E-state index is 12.6. The zero-order valence-electron chi connectivity index (χ0n) is 12.1. The standard InChI is InChI=1S/C14H17IN2O4/c1-4-14-5-7(18)9-8(15)11(19)12(21-3)10(17(9)14)13(20)16(2)6-14/h7,18H,4-6H2,1-3H3. The minimum Gasteiger partial charge on any atom is -0.491 e. The Morgan fingerprint density at radius 2 is 2.14 bits per heavy atom. The van der Waals surface area contributed by atoms with E-state index in [2.05, 4.69) is 0 Å². The van der Waals surface area contributed by atoms with E-state index >= 15 is 0 Å². The molecule has 0 aliphatic carbocycles. The van der Waals surface area contributed by atoms with E-state index in [4.69, 9.17) is 4.74 Å². The number of hydrogen-bond acceptors (Lipinski definition) is 4. The van der Waals surface area contributed by atoms with Crippen molar-refractivity contribution < 1.29 is 14.6 Å². The van der Waals surface area contributed by atoms with Crippen LogP contribution in [0, 0.1) is 3.57 Å². The number of aliphatic hydroxyl groups excluding tert-OH is 1. The maximum absolute atomic E-state index is 12.6. The smallest absolute Gasteiger partial charge is 0.274 e. The van der Waals surface area contributed by atoms with Gasteiger partial charge in [0.05, 0.1) is 28.0 Å². The lowest BCUT2D eigenvalue weighted by atomic mass is 9.89. The zero-order chi connectivity index (χ0) is 15.5. The SMILES string of the molecule is CCC12CC(O)c3c(I)c(=O)c(OC)c(n31)C(=O)N(C)C2. The second-order valence-corrected chi connectivity index (χ2v) is 6.78. The minimum atomic E-state index is -0.728. The predicted molar refractivity (Wildman–Crippen MR) is 84.8 cm³/mol. The van der Waals surface area contributed by atoms with Crippen molar-refractivity contribution in [2.24, 2.45) is 0 Å². The number of ether oxygens (including phenoxy) is 1. The Bertz CT molecular complexity index is 699. The molecule has 2 aliphatic heterocycles. The highest BCUT2D eigenvalue weighted by molar-refractivity contribution is 14.1. The van der Waals surface area contributed by atoms with Crippen molar-refractivity contribution in [1.29, 1.82) is 0 Å². The summed E-state index contributed by atoms with van der Waals surface area (Å²) in [5.74, 6) is -0.161. The lowest BCUT2D eigenvalue weighted by Gasteiger charge is -2.41. The number of likely N-dealkylation sites (N-methyl/N-ethyl adjacent to an activating group) is 1. The van der Waals surface area contributed by atoms with Crippen LogP contribution in [0.25, 0.3) is 0 Å². The van der Waals surface area contributed by atoms with Crippen molar-refractivity contribution in [3.63, 3.8) is 0 Å². The molecule has 1 amide bonds. The molecule has 3 rings (SSSR count). The Kier molecular flexibility index (Phi) is 3.32. The molecule has 6 nitrogen and oxygen atoms in total. The summed E-state index contributed by atoms with van der Waals surface area (Å²) in [6.07, 6.45) is 0.550. The van der Waals surface area contributed by atoms with Gasteiger partial charge in [0.25, 0.3) is 5.91 Å². The number of rotatable bonds is 2. The van der Waals surface area contributed by atoms with Crippen LogP contribution in [0.3, 0.4) is 0 Å². The van der Waals surface area contributed by atoms with Crippen molar-refractivity contribution in [3.8, 4) is 5.75 Å². The van der Waals surface area contributed by atoms with Gasteiger partial charge in [0, 0.05) is 20.0 Å². The fourth-order valence-corrected chi connectivity index (χ4v) is 4.45. The summed E-state index contributed by atoms with van der Waals surface area (Å²) < 4.78 is 7.53. The number of halogens is 1. The van der Waals surface area contributed by atoms with Crippen LogP contribution >= 0.6 is 22.6 Å². The fraction of sp³-hybridized carbons (Fsp3) is 0.571. The summed E-state index contributed by atoms with van der Waals surface area (Å²) in [7, 11) is 3.12. The van der Waals surface area contributed by atoms with Gasteiger partial charge in [-0.1, -0.05) is 6.92 Å². The number of aliphatic hydroxyl groups is 1. The number of carbonyl (C=O) groups is 1. The Morgan fingerprint density at radius 1 is 1.48 bits per heavy atom. The molecule has 2 unspecified atom stereocenters. The number of amides is 1. The number of aromatic nitrogens is 1. The first-order chi connectivity index (χ1) is 9.88. The molecule has 21 heavy (non-hydrogen) atoms. The summed E-state index contributed by atoms with van der Waals surface area (Å²) in [6.45, 7) is 2.56. The van der Waals surface area contributed by atoms with Gasteiger partial charge in [-0.05, 0) is 29.0 Å². The molecule has 0 radical (unpaired) electrons. The first kappa shape index (κ1) is 14.8. The van der Waals surface area contributed by atoms with Gasteiger partial charge >= 0.3 is 0 Å². The van der Waals surface area contributed by atoms with Gasteiger partial charge in [-0.3, -0.25) is 9.59 Å². The molecule has 7 heteroatoms. The monoisotopic (exact) mass is 404 g/mol. The van der Waals surface area contributed by atoms with E-state index < -0.39 is 6.10 Å². The average Bonchev–Trinajstić information content (AvgIpc) is 2.74. The van der Waals surface area contributed by atoms with Crippen molar-refractivity contribution in [2.45, 2.75) is 31.4 Å². The van der Waals surface area contributed by atoms with Gasteiger partial charge in [0.1, 0.15) is 0 Å². The van der Waals surface area contributed by atoms with Crippen LogP contribution in [0.2, 0.25) is 0 Å². The second-order valence-electron chi connectivity index (χ2n) is 5.70. The van der Waals surface area contributed by atoms with E-state index in [1.807, 2.05) is 34.1 Å². The molecular formula is C14H17IN2O4. The molecule has 0 aromatic carbocycles. The van der Waals surface area contributed by atoms with Crippen LogP contribution in [-0.2, 0) is 5.54 Å². The lowest BCUT2D eigenvalue weighted by molar-refractivity contribution is 0.0568. The van der Waals surface area contributed by atoms with Gasteiger partial charge in [-0.25, -0.2) is 0 Å². The molecular weight excluding hydrogens is 387 g/mol. The molecule has 0 spiro atoms. The normalized spacial score (nSPS) is 27.0. The molecule has 0 saturated carbocycles. The minimum absolute atomic E-state index is 0.0756. The number of hydrogen-bond donors (Lipinski definition) is 1. The molecule has 1 aromatic rings. The zero-order valence-corrected chi connectivity index (χ0v) is 14.3. The first-order valence-corrected chi connectivity index (χ1v) is 7.92. The van der Waals surface area contributed by atoms with Crippen LogP contribution in [0.4, 0.5) is 0 Å². The Morgan fingerprint density at radius 3 is 2.71 bits per heavy atom. The largest absolute Gasteiger partial charge is 0.491 e. The molecule has 1 aromatic heterocycles. The topological polar surface area (TPSA) is 71.8 Å². The third-order valence-corrected chi connectivity index (χ3v) is 5.66. The molecule has 114 valence electrons. The van der Waals surface area contributed by atoms with Crippen LogP contribution in [0.1, 0.15) is 42.1 Å².